The van der Waals surface area contributed by atoms with Gasteiger partial charge in [-0.3, -0.25) is 0 Å². The van der Waals surface area contributed by atoms with Crippen LogP contribution in [-0.2, 0) is 4.74 Å². The molecule has 0 aromatic heterocycles. The summed E-state index contributed by atoms with van der Waals surface area (Å²) in [4.78, 5) is 13.9. The Morgan fingerprint density at radius 1 is 1.44 bits per heavy atom. The molecule has 1 amide bonds. The van der Waals surface area contributed by atoms with Gasteiger partial charge in [-0.05, 0) is 24.3 Å². The van der Waals surface area contributed by atoms with E-state index >= 15 is 0 Å². The minimum Gasteiger partial charge on any atom is -0.444 e. The summed E-state index contributed by atoms with van der Waals surface area (Å²) in [7, 11) is 0. The van der Waals surface area contributed by atoms with Crippen LogP contribution in [0, 0.1) is 5.92 Å². The minimum atomic E-state index is -0.381. The van der Waals surface area contributed by atoms with Gasteiger partial charge in [0.25, 0.3) is 0 Å². The highest BCUT2D eigenvalue weighted by Crippen LogP contribution is 2.31. The third-order valence-corrected chi connectivity index (χ3v) is 3.40. The fourth-order valence-electron chi connectivity index (χ4n) is 2.63. The average Bonchev–Trinajstić information content (AvgIpc) is 2.69. The molecule has 0 radical (unpaired) electrons. The molecule has 0 aromatic rings. The summed E-state index contributed by atoms with van der Waals surface area (Å²) in [5, 5.41) is 6.23. The number of hydrogen-bond acceptors (Lipinski definition) is 3. The van der Waals surface area contributed by atoms with Gasteiger partial charge in [0, 0.05) is 11.5 Å². The Morgan fingerprint density at radius 2 is 2.19 bits per heavy atom. The zero-order chi connectivity index (χ0) is 11.4. The number of carbonyl (C=O) groups is 1. The average molecular weight is 224 g/mol. The first-order valence-electron chi connectivity index (χ1n) is 5.79. The predicted molar refractivity (Wildman–Crippen MR) is 57.8 cm³/mol. The number of nitrogens with one attached hydrogen (secondary N) is 1. The lowest BCUT2D eigenvalue weighted by Gasteiger charge is -2.28. The van der Waals surface area contributed by atoms with E-state index in [1.807, 2.05) is 0 Å². The van der Waals surface area contributed by atoms with Crippen molar-refractivity contribution in [3.8, 4) is 0 Å². The first-order valence-corrected chi connectivity index (χ1v) is 5.79. The summed E-state index contributed by atoms with van der Waals surface area (Å²) in [6, 6.07) is -0.147. The van der Waals surface area contributed by atoms with Crippen LogP contribution >= 0.6 is 0 Å². The third-order valence-electron chi connectivity index (χ3n) is 3.40. The number of hydrogen-bond donors (Lipinski definition) is 1. The molecule has 0 bridgehead atoms. The molecular weight excluding hydrogens is 208 g/mol. The molecule has 0 aromatic carbocycles. The van der Waals surface area contributed by atoms with E-state index in [-0.39, 0.29) is 24.8 Å². The largest absolute Gasteiger partial charge is 0.444 e. The van der Waals surface area contributed by atoms with E-state index in [0.29, 0.717) is 5.92 Å². The van der Waals surface area contributed by atoms with Crippen LogP contribution in [0.15, 0.2) is 5.11 Å². The first-order chi connectivity index (χ1) is 7.81. The van der Waals surface area contributed by atoms with Gasteiger partial charge in [-0.15, -0.1) is 0 Å². The van der Waals surface area contributed by atoms with E-state index in [2.05, 4.69) is 15.3 Å². The second-order valence-corrected chi connectivity index (χ2v) is 4.43. The van der Waals surface area contributed by atoms with Crippen molar-refractivity contribution < 1.29 is 9.53 Å². The van der Waals surface area contributed by atoms with Gasteiger partial charge < -0.3 is 10.1 Å². The van der Waals surface area contributed by atoms with Gasteiger partial charge in [0.15, 0.2) is 0 Å². The lowest BCUT2D eigenvalue weighted by molar-refractivity contribution is 0.0751. The van der Waals surface area contributed by atoms with Crippen LogP contribution in [-0.4, -0.2) is 24.8 Å². The van der Waals surface area contributed by atoms with E-state index < -0.39 is 0 Å². The summed E-state index contributed by atoms with van der Waals surface area (Å²) in [5.41, 5.74) is 8.29. The quantitative estimate of drug-likeness (QED) is 0.453. The Labute approximate surface area is 94.0 Å². The molecular formula is C10H16N4O2. The molecule has 2 aliphatic rings. The van der Waals surface area contributed by atoms with E-state index in [9.17, 15) is 4.79 Å². The number of rotatable bonds is 3. The number of azide groups is 1. The standard InChI is InChI=1S/C10H16N4O2/c11-14-12-6-8-9(16-10(15)13-8)7-4-2-1-3-5-7/h7-9H,1-6H2,(H,13,15)/t8-,9+/m0/s1. The Hall–Kier alpha value is -1.42. The number of ether oxygens (including phenoxy) is 1. The number of nitrogens with zero attached hydrogens (tertiary/aromatic N) is 3. The molecule has 2 fully saturated rings. The second-order valence-electron chi connectivity index (χ2n) is 4.43. The molecule has 1 aliphatic heterocycles. The SMILES string of the molecule is [N-]=[N+]=NC[C@@H]1NC(=O)O[C@@H]1C1CCCCC1. The molecule has 16 heavy (non-hydrogen) atoms. The van der Waals surface area contributed by atoms with Crippen LogP contribution in [0.5, 0.6) is 0 Å². The summed E-state index contributed by atoms with van der Waals surface area (Å²) < 4.78 is 5.28. The zero-order valence-corrected chi connectivity index (χ0v) is 9.13. The molecule has 0 unspecified atom stereocenters. The van der Waals surface area contributed by atoms with Crippen LogP contribution in [0.3, 0.4) is 0 Å². The molecule has 0 spiro atoms. The topological polar surface area (TPSA) is 87.1 Å². The summed E-state index contributed by atoms with van der Waals surface area (Å²) in [6.07, 6.45) is 5.39. The van der Waals surface area contributed by atoms with Crippen LogP contribution < -0.4 is 5.32 Å². The van der Waals surface area contributed by atoms with Crippen molar-refractivity contribution in [2.24, 2.45) is 11.0 Å². The molecule has 6 nitrogen and oxygen atoms in total. The maximum absolute atomic E-state index is 11.2. The maximum atomic E-state index is 11.2. The molecule has 2 rings (SSSR count). The normalized spacial score (nSPS) is 30.4. The summed E-state index contributed by atoms with van der Waals surface area (Å²) >= 11 is 0. The van der Waals surface area contributed by atoms with Crippen molar-refractivity contribution in [2.45, 2.75) is 44.2 Å². The Balaban J connectivity index is 1.99. The third kappa shape index (κ3) is 2.39. The number of cyclic esters (lactones) is 1. The van der Waals surface area contributed by atoms with E-state index in [1.54, 1.807) is 0 Å². The van der Waals surface area contributed by atoms with Gasteiger partial charge in [0.1, 0.15) is 6.10 Å². The Kier molecular flexibility index (Phi) is 3.51. The van der Waals surface area contributed by atoms with Gasteiger partial charge in [-0.25, -0.2) is 4.79 Å². The molecule has 1 saturated heterocycles. The Morgan fingerprint density at radius 3 is 2.88 bits per heavy atom. The van der Waals surface area contributed by atoms with Crippen molar-refractivity contribution >= 4 is 6.09 Å². The summed E-state index contributed by atoms with van der Waals surface area (Å²) in [6.45, 7) is 0.281. The molecule has 1 heterocycles. The molecule has 6 heteroatoms. The Bertz CT molecular complexity index is 308. The van der Waals surface area contributed by atoms with Crippen LogP contribution in [0.2, 0.25) is 0 Å². The van der Waals surface area contributed by atoms with Crippen molar-refractivity contribution in [3.63, 3.8) is 0 Å². The fourth-order valence-corrected chi connectivity index (χ4v) is 2.63. The van der Waals surface area contributed by atoms with Crippen LogP contribution in [0.25, 0.3) is 10.4 Å². The fraction of sp³-hybridized carbons (Fsp3) is 0.900. The number of alkyl carbamates (subject to hydrolysis) is 1. The molecule has 1 aliphatic carbocycles. The molecule has 88 valence electrons. The minimum absolute atomic E-state index is 0.113. The van der Waals surface area contributed by atoms with E-state index in [4.69, 9.17) is 10.3 Å². The van der Waals surface area contributed by atoms with E-state index in [0.717, 1.165) is 12.8 Å². The maximum Gasteiger partial charge on any atom is 0.407 e. The van der Waals surface area contributed by atoms with Crippen LogP contribution in [0.1, 0.15) is 32.1 Å². The molecule has 1 saturated carbocycles. The molecule has 2 atom stereocenters. The van der Waals surface area contributed by atoms with Crippen molar-refractivity contribution in [1.29, 1.82) is 0 Å². The second kappa shape index (κ2) is 5.07. The number of carbonyl (C=O) groups excluding carboxylic acids is 1. The van der Waals surface area contributed by atoms with Crippen LogP contribution in [0.4, 0.5) is 4.79 Å². The van der Waals surface area contributed by atoms with Gasteiger partial charge in [0.2, 0.25) is 0 Å². The van der Waals surface area contributed by atoms with Crippen molar-refractivity contribution in [1.82, 2.24) is 5.32 Å². The smallest absolute Gasteiger partial charge is 0.407 e. The van der Waals surface area contributed by atoms with Gasteiger partial charge in [0.05, 0.1) is 6.04 Å². The van der Waals surface area contributed by atoms with Crippen molar-refractivity contribution in [2.75, 3.05) is 6.54 Å². The highest BCUT2D eigenvalue weighted by molar-refractivity contribution is 5.70. The van der Waals surface area contributed by atoms with Gasteiger partial charge in [-0.2, -0.15) is 0 Å². The van der Waals surface area contributed by atoms with Gasteiger partial charge >= 0.3 is 6.09 Å². The van der Waals surface area contributed by atoms with E-state index in [1.165, 1.54) is 19.3 Å². The lowest BCUT2D eigenvalue weighted by atomic mass is 9.83. The highest BCUT2D eigenvalue weighted by Gasteiger charge is 2.39. The zero-order valence-electron chi connectivity index (χ0n) is 9.13. The highest BCUT2D eigenvalue weighted by atomic mass is 16.6. The molecule has 1 N–H and O–H groups in total. The predicted octanol–water partition coefficient (Wildman–Crippen LogP) is 2.35. The van der Waals surface area contributed by atoms with Crippen molar-refractivity contribution in [3.05, 3.63) is 10.4 Å². The first kappa shape index (κ1) is 11.1. The number of amides is 1. The monoisotopic (exact) mass is 224 g/mol. The van der Waals surface area contributed by atoms with Gasteiger partial charge in [-0.1, -0.05) is 24.4 Å². The lowest BCUT2D eigenvalue weighted by Crippen LogP contribution is -2.39. The summed E-state index contributed by atoms with van der Waals surface area (Å²) in [5.74, 6) is 0.423.